The van der Waals surface area contributed by atoms with Gasteiger partial charge in [-0.15, -0.1) is 6.42 Å². The van der Waals surface area contributed by atoms with E-state index in [9.17, 15) is 4.79 Å². The summed E-state index contributed by atoms with van der Waals surface area (Å²) in [6, 6.07) is 10.8. The Hall–Kier alpha value is -3.24. The quantitative estimate of drug-likeness (QED) is 0.619. The summed E-state index contributed by atoms with van der Waals surface area (Å²) < 4.78 is 19.7. The number of thiazole rings is 1. The normalized spacial score (nSPS) is 13.5. The van der Waals surface area contributed by atoms with Crippen LogP contribution in [0.5, 0.6) is 17.2 Å². The lowest BCUT2D eigenvalue weighted by molar-refractivity contribution is 0.0998. The molecule has 0 bridgehead atoms. The van der Waals surface area contributed by atoms with E-state index in [1.165, 1.54) is 11.3 Å². The van der Waals surface area contributed by atoms with Gasteiger partial charge < -0.3 is 18.8 Å². The maximum absolute atomic E-state index is 12.7. The lowest BCUT2D eigenvalue weighted by Crippen LogP contribution is -2.17. The number of hydrogen-bond donors (Lipinski definition) is 0. The van der Waals surface area contributed by atoms with Crippen molar-refractivity contribution in [3.05, 3.63) is 46.8 Å². The van der Waals surface area contributed by atoms with Crippen LogP contribution < -0.4 is 19.0 Å². The van der Waals surface area contributed by atoms with Crippen molar-refractivity contribution in [1.29, 1.82) is 0 Å². The average molecular weight is 408 g/mol. The van der Waals surface area contributed by atoms with Gasteiger partial charge in [-0.1, -0.05) is 17.3 Å². The van der Waals surface area contributed by atoms with Crippen molar-refractivity contribution >= 4 is 27.5 Å². The Bertz CT molecular complexity index is 1170. The van der Waals surface area contributed by atoms with E-state index in [0.29, 0.717) is 47.4 Å². The molecule has 148 valence electrons. The lowest BCUT2D eigenvalue weighted by atomic mass is 10.2. The summed E-state index contributed by atoms with van der Waals surface area (Å²) in [5.74, 6) is 4.37. The van der Waals surface area contributed by atoms with Gasteiger partial charge in [0.2, 0.25) is 0 Å². The number of ether oxygens (including phenoxy) is 3. The van der Waals surface area contributed by atoms with Crippen molar-refractivity contribution in [2.45, 2.75) is 26.5 Å². The number of benzene rings is 2. The van der Waals surface area contributed by atoms with Crippen molar-refractivity contribution in [2.75, 3.05) is 13.2 Å². The number of nitrogens with zero attached hydrogens (tertiary/aromatic N) is 2. The first-order valence-electron chi connectivity index (χ1n) is 9.27. The van der Waals surface area contributed by atoms with Crippen LogP contribution in [0.2, 0.25) is 0 Å². The van der Waals surface area contributed by atoms with Gasteiger partial charge in [-0.3, -0.25) is 4.79 Å². The summed E-state index contributed by atoms with van der Waals surface area (Å²) in [6.45, 7) is 5.22. The molecule has 2 heterocycles. The van der Waals surface area contributed by atoms with Gasteiger partial charge in [0.15, 0.2) is 16.3 Å². The molecule has 4 rings (SSSR count). The van der Waals surface area contributed by atoms with Crippen LogP contribution >= 0.6 is 11.3 Å². The van der Waals surface area contributed by atoms with E-state index in [4.69, 9.17) is 20.6 Å². The second-order valence-electron chi connectivity index (χ2n) is 6.75. The average Bonchev–Trinajstić information content (AvgIpc) is 3.02. The topological polar surface area (TPSA) is 62.1 Å². The third-order valence-electron chi connectivity index (χ3n) is 4.27. The van der Waals surface area contributed by atoms with Crippen molar-refractivity contribution in [3.8, 4) is 29.6 Å². The van der Waals surface area contributed by atoms with E-state index in [1.807, 2.05) is 30.5 Å². The number of hydrogen-bond acceptors (Lipinski definition) is 5. The standard InChI is InChI=1S/C22H20N2O4S/c1-4-9-24-17-12-18-19(27-11-10-26-18)13-20(17)29-22(24)23-21(25)15-5-7-16(8-6-15)28-14(2)3/h1,5-8,12-14H,9-11H2,2-3H3. The summed E-state index contributed by atoms with van der Waals surface area (Å²) in [6.07, 6.45) is 5.62. The molecule has 29 heavy (non-hydrogen) atoms. The smallest absolute Gasteiger partial charge is 0.279 e. The fourth-order valence-electron chi connectivity index (χ4n) is 3.04. The van der Waals surface area contributed by atoms with Gasteiger partial charge in [0.05, 0.1) is 22.9 Å². The van der Waals surface area contributed by atoms with Crippen LogP contribution in [0, 0.1) is 12.3 Å². The molecule has 6 nitrogen and oxygen atoms in total. The first kappa shape index (κ1) is 19.1. The number of carbonyl (C=O) groups is 1. The number of carbonyl (C=O) groups excluding carboxylic acids is 1. The monoisotopic (exact) mass is 408 g/mol. The Balaban J connectivity index is 1.73. The minimum absolute atomic E-state index is 0.0706. The van der Waals surface area contributed by atoms with Crippen LogP contribution in [-0.2, 0) is 6.54 Å². The van der Waals surface area contributed by atoms with Gasteiger partial charge in [0.25, 0.3) is 5.91 Å². The summed E-state index contributed by atoms with van der Waals surface area (Å²) in [7, 11) is 0. The molecule has 0 N–H and O–H groups in total. The van der Waals surface area contributed by atoms with Gasteiger partial charge in [-0.05, 0) is 38.1 Å². The highest BCUT2D eigenvalue weighted by Gasteiger charge is 2.17. The minimum Gasteiger partial charge on any atom is -0.491 e. The van der Waals surface area contributed by atoms with E-state index < -0.39 is 0 Å². The van der Waals surface area contributed by atoms with E-state index in [-0.39, 0.29) is 12.0 Å². The predicted octanol–water partition coefficient (Wildman–Crippen LogP) is 3.64. The summed E-state index contributed by atoms with van der Waals surface area (Å²) in [4.78, 5) is 17.6. The van der Waals surface area contributed by atoms with Gasteiger partial charge in [0, 0.05) is 17.7 Å². The molecule has 0 radical (unpaired) electrons. The number of amides is 1. The highest BCUT2D eigenvalue weighted by molar-refractivity contribution is 7.16. The van der Waals surface area contributed by atoms with Crippen molar-refractivity contribution in [1.82, 2.24) is 4.57 Å². The minimum atomic E-state index is -0.337. The fraction of sp³-hybridized carbons (Fsp3) is 0.273. The largest absolute Gasteiger partial charge is 0.491 e. The number of aromatic nitrogens is 1. The molecule has 1 aliphatic heterocycles. The summed E-state index contributed by atoms with van der Waals surface area (Å²) in [5.41, 5.74) is 1.35. The maximum atomic E-state index is 12.7. The molecule has 0 aliphatic carbocycles. The molecule has 3 aromatic rings. The van der Waals surface area contributed by atoms with Crippen LogP contribution in [0.15, 0.2) is 41.4 Å². The summed E-state index contributed by atoms with van der Waals surface area (Å²) in [5, 5.41) is 0. The molecule has 0 spiro atoms. The van der Waals surface area contributed by atoms with Crippen molar-refractivity contribution in [3.63, 3.8) is 0 Å². The summed E-state index contributed by atoms with van der Waals surface area (Å²) >= 11 is 1.39. The van der Waals surface area contributed by atoms with Gasteiger partial charge >= 0.3 is 0 Å². The van der Waals surface area contributed by atoms with Gasteiger partial charge in [0.1, 0.15) is 19.0 Å². The third kappa shape index (κ3) is 3.98. The number of fused-ring (bicyclic) bond motifs is 2. The van der Waals surface area contributed by atoms with E-state index in [0.717, 1.165) is 10.2 Å². The molecule has 1 amide bonds. The van der Waals surface area contributed by atoms with Crippen molar-refractivity contribution < 1.29 is 19.0 Å². The molecule has 2 aromatic carbocycles. The highest BCUT2D eigenvalue weighted by atomic mass is 32.1. The molecule has 7 heteroatoms. The lowest BCUT2D eigenvalue weighted by Gasteiger charge is -2.18. The Morgan fingerprint density at radius 2 is 1.93 bits per heavy atom. The SMILES string of the molecule is C#CCn1c(=NC(=O)c2ccc(OC(C)C)cc2)sc2cc3c(cc21)OCCO3. The molecule has 0 atom stereocenters. The zero-order chi connectivity index (χ0) is 20.4. The second kappa shape index (κ2) is 8.02. The predicted molar refractivity (Wildman–Crippen MR) is 112 cm³/mol. The van der Waals surface area contributed by atoms with Crippen LogP contribution in [0.4, 0.5) is 0 Å². The first-order valence-corrected chi connectivity index (χ1v) is 10.1. The molecule has 1 aromatic heterocycles. The van der Waals surface area contributed by atoms with E-state index in [2.05, 4.69) is 10.9 Å². The first-order chi connectivity index (χ1) is 14.0. The van der Waals surface area contributed by atoms with Crippen LogP contribution in [0.3, 0.4) is 0 Å². The van der Waals surface area contributed by atoms with Crippen LogP contribution in [0.1, 0.15) is 24.2 Å². The Labute approximate surface area is 172 Å². The fourth-order valence-corrected chi connectivity index (χ4v) is 4.07. The number of terminal acetylenes is 1. The highest BCUT2D eigenvalue weighted by Crippen LogP contribution is 2.35. The molecular formula is C22H20N2O4S. The van der Waals surface area contributed by atoms with Crippen LogP contribution in [0.25, 0.3) is 10.2 Å². The van der Waals surface area contributed by atoms with Crippen molar-refractivity contribution in [2.24, 2.45) is 4.99 Å². The molecule has 0 fully saturated rings. The molecule has 1 aliphatic rings. The zero-order valence-corrected chi connectivity index (χ0v) is 17.0. The number of rotatable bonds is 4. The Kier molecular flexibility index (Phi) is 5.28. The Morgan fingerprint density at radius 1 is 1.24 bits per heavy atom. The third-order valence-corrected chi connectivity index (χ3v) is 5.31. The molecule has 0 saturated heterocycles. The Morgan fingerprint density at radius 3 is 2.59 bits per heavy atom. The molecule has 0 unspecified atom stereocenters. The van der Waals surface area contributed by atoms with Gasteiger partial charge in [-0.25, -0.2) is 0 Å². The van der Waals surface area contributed by atoms with Gasteiger partial charge in [-0.2, -0.15) is 4.99 Å². The molecule has 0 saturated carbocycles. The second-order valence-corrected chi connectivity index (χ2v) is 7.76. The van der Waals surface area contributed by atoms with Crippen LogP contribution in [-0.4, -0.2) is 29.8 Å². The van der Waals surface area contributed by atoms with E-state index >= 15 is 0 Å². The van der Waals surface area contributed by atoms with E-state index in [1.54, 1.807) is 24.3 Å². The zero-order valence-electron chi connectivity index (χ0n) is 16.2. The molecular weight excluding hydrogens is 388 g/mol. The maximum Gasteiger partial charge on any atom is 0.279 e.